The number of benzene rings is 2. The summed E-state index contributed by atoms with van der Waals surface area (Å²) in [5, 5.41) is 7.99. The molecule has 0 fully saturated rings. The Morgan fingerprint density at radius 1 is 1.17 bits per heavy atom. The van der Waals surface area contributed by atoms with Crippen molar-refractivity contribution in [2.45, 2.75) is 12.7 Å². The molecule has 0 radical (unpaired) electrons. The number of nitrogens with zero attached hydrogens (tertiary/aromatic N) is 1. The number of guanidine groups is 1. The number of rotatable bonds is 5. The lowest BCUT2D eigenvalue weighted by Gasteiger charge is -2.16. The molecule has 3 N–H and O–H groups in total. The number of hydrogen-bond donors (Lipinski definition) is 3. The first-order valence-electron chi connectivity index (χ1n) is 8.39. The molecule has 0 aromatic heterocycles. The molecular weight excluding hydrogens is 515 g/mol. The van der Waals surface area contributed by atoms with E-state index in [1.807, 2.05) is 0 Å². The van der Waals surface area contributed by atoms with Gasteiger partial charge < -0.3 is 16.0 Å². The second kappa shape index (κ2) is 11.4. The summed E-state index contributed by atoms with van der Waals surface area (Å²) in [6, 6.07) is 9.12. The Hall–Kier alpha value is -2.81. The van der Waals surface area contributed by atoms with Crippen molar-refractivity contribution >= 4 is 41.5 Å². The predicted molar refractivity (Wildman–Crippen MR) is 118 cm³/mol. The number of amides is 1. The minimum absolute atomic E-state index is 0. The average Bonchev–Trinajstić information content (AvgIpc) is 2.68. The zero-order valence-corrected chi connectivity index (χ0v) is 18.1. The summed E-state index contributed by atoms with van der Waals surface area (Å²) in [4.78, 5) is 15.9. The van der Waals surface area contributed by atoms with Crippen LogP contribution in [0.25, 0.3) is 0 Å². The summed E-state index contributed by atoms with van der Waals surface area (Å²) in [5.41, 5.74) is -0.117. The maximum atomic E-state index is 13.2. The van der Waals surface area contributed by atoms with Crippen LogP contribution in [0.5, 0.6) is 0 Å². The van der Waals surface area contributed by atoms with Gasteiger partial charge >= 0.3 is 6.18 Å². The molecule has 30 heavy (non-hydrogen) atoms. The number of alkyl halides is 3. The molecule has 0 aliphatic rings. The third-order valence-corrected chi connectivity index (χ3v) is 3.78. The lowest BCUT2D eigenvalue weighted by Crippen LogP contribution is -2.41. The highest BCUT2D eigenvalue weighted by molar-refractivity contribution is 14.0. The largest absolute Gasteiger partial charge is 0.416 e. The minimum atomic E-state index is -4.69. The van der Waals surface area contributed by atoms with Crippen LogP contribution in [0.4, 0.5) is 23.2 Å². The van der Waals surface area contributed by atoms with Crippen LogP contribution in [0.1, 0.15) is 16.7 Å². The van der Waals surface area contributed by atoms with Gasteiger partial charge in [0.1, 0.15) is 5.82 Å². The first-order chi connectivity index (χ1) is 13.7. The van der Waals surface area contributed by atoms with Crippen LogP contribution in [0.2, 0.25) is 0 Å². The highest BCUT2D eigenvalue weighted by Crippen LogP contribution is 2.32. The van der Waals surface area contributed by atoms with E-state index in [0.29, 0.717) is 17.3 Å². The first kappa shape index (κ1) is 25.2. The Bertz CT molecular complexity index is 955. The summed E-state index contributed by atoms with van der Waals surface area (Å²) < 4.78 is 52.3. The quantitative estimate of drug-likeness (QED) is 0.180. The third kappa shape index (κ3) is 7.55. The van der Waals surface area contributed by atoms with Gasteiger partial charge in [-0.3, -0.25) is 9.79 Å². The molecule has 0 aliphatic heterocycles. The summed E-state index contributed by atoms with van der Waals surface area (Å²) >= 11 is 0. The molecule has 2 rings (SSSR count). The van der Waals surface area contributed by atoms with Gasteiger partial charge in [-0.1, -0.05) is 18.1 Å². The Morgan fingerprint density at radius 3 is 2.53 bits per heavy atom. The summed E-state index contributed by atoms with van der Waals surface area (Å²) in [5.74, 6) is 1.18. The van der Waals surface area contributed by atoms with E-state index in [1.54, 1.807) is 24.3 Å². The molecule has 0 saturated carbocycles. The zero-order valence-electron chi connectivity index (χ0n) is 15.8. The van der Waals surface area contributed by atoms with E-state index >= 15 is 0 Å². The van der Waals surface area contributed by atoms with E-state index in [4.69, 9.17) is 6.42 Å². The molecule has 0 saturated heterocycles. The number of aliphatic imine (C=N–C) groups is 1. The summed E-state index contributed by atoms with van der Waals surface area (Å²) in [6.07, 6.45) is 0.611. The minimum Gasteiger partial charge on any atom is -0.352 e. The molecular formula is C20H19F4IN4O. The molecule has 0 spiro atoms. The second-order valence-electron chi connectivity index (χ2n) is 5.85. The fourth-order valence-corrected chi connectivity index (χ4v) is 2.42. The Morgan fingerprint density at radius 2 is 1.90 bits per heavy atom. The van der Waals surface area contributed by atoms with Crippen LogP contribution >= 0.6 is 24.0 Å². The lowest BCUT2D eigenvalue weighted by molar-refractivity contribution is -0.138. The van der Waals surface area contributed by atoms with E-state index < -0.39 is 23.5 Å². The summed E-state index contributed by atoms with van der Waals surface area (Å²) in [7, 11) is 1.40. The van der Waals surface area contributed by atoms with Gasteiger partial charge in [-0.25, -0.2) is 4.39 Å². The van der Waals surface area contributed by atoms with Crippen molar-refractivity contribution in [3.63, 3.8) is 0 Å². The van der Waals surface area contributed by atoms with Gasteiger partial charge in [-0.15, -0.1) is 30.4 Å². The number of carbonyl (C=O) groups is 1. The number of carbonyl (C=O) groups excluding carboxylic acids is 1. The predicted octanol–water partition coefficient (Wildman–Crippen LogP) is 3.75. The molecule has 1 amide bonds. The van der Waals surface area contributed by atoms with E-state index in [-0.39, 0.29) is 48.6 Å². The van der Waals surface area contributed by atoms with Gasteiger partial charge in [-0.2, -0.15) is 13.2 Å². The van der Waals surface area contributed by atoms with Gasteiger partial charge in [0.25, 0.3) is 0 Å². The first-order valence-corrected chi connectivity index (χ1v) is 8.39. The molecule has 0 bridgehead atoms. The van der Waals surface area contributed by atoms with Gasteiger partial charge in [0, 0.05) is 24.8 Å². The second-order valence-corrected chi connectivity index (χ2v) is 5.85. The van der Waals surface area contributed by atoms with Crippen molar-refractivity contribution in [2.75, 3.05) is 18.9 Å². The van der Waals surface area contributed by atoms with Crippen LogP contribution < -0.4 is 16.0 Å². The van der Waals surface area contributed by atoms with Crippen LogP contribution in [0.15, 0.2) is 47.5 Å². The third-order valence-electron chi connectivity index (χ3n) is 3.78. The van der Waals surface area contributed by atoms with E-state index in [2.05, 4.69) is 26.9 Å². The fourth-order valence-electron chi connectivity index (χ4n) is 2.42. The molecule has 0 aliphatic carbocycles. The Balaban J connectivity index is 0.00000450. The molecule has 5 nitrogen and oxygen atoms in total. The van der Waals surface area contributed by atoms with E-state index in [0.717, 1.165) is 12.1 Å². The molecule has 0 atom stereocenters. The van der Waals surface area contributed by atoms with Crippen LogP contribution in [-0.2, 0) is 17.5 Å². The highest BCUT2D eigenvalue weighted by Gasteiger charge is 2.33. The van der Waals surface area contributed by atoms with Crippen molar-refractivity contribution in [1.29, 1.82) is 0 Å². The molecule has 160 valence electrons. The van der Waals surface area contributed by atoms with Crippen LogP contribution in [0.3, 0.4) is 0 Å². The van der Waals surface area contributed by atoms with Gasteiger partial charge in [-0.05, 0) is 35.9 Å². The maximum absolute atomic E-state index is 13.2. The number of nitrogens with one attached hydrogen (secondary N) is 3. The normalized spacial score (nSPS) is 11.1. The number of halogens is 5. The average molecular weight is 534 g/mol. The molecule has 0 heterocycles. The van der Waals surface area contributed by atoms with Crippen molar-refractivity contribution in [3.05, 3.63) is 65.0 Å². The fraction of sp³-hybridized carbons (Fsp3) is 0.200. The monoisotopic (exact) mass is 534 g/mol. The SMILES string of the molecule is C#Cc1cccc(NC(=O)CNC(=NC)NCc2ccc(F)cc2C(F)(F)F)c1.I. The topological polar surface area (TPSA) is 65.5 Å². The van der Waals surface area contributed by atoms with Crippen molar-refractivity contribution in [2.24, 2.45) is 4.99 Å². The number of hydrogen-bond acceptors (Lipinski definition) is 2. The van der Waals surface area contributed by atoms with Gasteiger partial charge in [0.15, 0.2) is 5.96 Å². The molecule has 0 unspecified atom stereocenters. The smallest absolute Gasteiger partial charge is 0.352 e. The summed E-state index contributed by atoms with van der Waals surface area (Å²) in [6.45, 7) is -0.448. The maximum Gasteiger partial charge on any atom is 0.416 e. The number of terminal acetylenes is 1. The molecule has 2 aromatic carbocycles. The van der Waals surface area contributed by atoms with Crippen molar-refractivity contribution in [1.82, 2.24) is 10.6 Å². The van der Waals surface area contributed by atoms with Crippen LogP contribution in [-0.4, -0.2) is 25.5 Å². The Kier molecular flexibility index (Phi) is 9.58. The molecule has 10 heteroatoms. The van der Waals surface area contributed by atoms with E-state index in [1.165, 1.54) is 7.05 Å². The molecule has 2 aromatic rings. The Labute approximate surface area is 188 Å². The van der Waals surface area contributed by atoms with Gasteiger partial charge in [0.05, 0.1) is 12.1 Å². The van der Waals surface area contributed by atoms with E-state index in [9.17, 15) is 22.4 Å². The number of anilines is 1. The van der Waals surface area contributed by atoms with Crippen LogP contribution in [0, 0.1) is 18.2 Å². The van der Waals surface area contributed by atoms with Crippen molar-refractivity contribution in [3.8, 4) is 12.3 Å². The lowest BCUT2D eigenvalue weighted by atomic mass is 10.1. The van der Waals surface area contributed by atoms with Crippen molar-refractivity contribution < 1.29 is 22.4 Å². The highest BCUT2D eigenvalue weighted by atomic mass is 127. The zero-order chi connectivity index (χ0) is 21.4. The standard InChI is InChI=1S/C20H18F4N4O.HI/c1-3-13-5-4-6-16(9-13)28-18(29)12-27-19(25-2)26-11-14-7-8-15(21)10-17(14)20(22,23)24;/h1,4-10H,11-12H2,2H3,(H,28,29)(H2,25,26,27);1H. The van der Waals surface area contributed by atoms with Gasteiger partial charge in [0.2, 0.25) is 5.91 Å².